The van der Waals surface area contributed by atoms with Crippen LogP contribution in [0.2, 0.25) is 0 Å². The van der Waals surface area contributed by atoms with Crippen LogP contribution in [0.3, 0.4) is 0 Å². The van der Waals surface area contributed by atoms with Gasteiger partial charge in [0.15, 0.2) is 0 Å². The van der Waals surface area contributed by atoms with Gasteiger partial charge in [0.1, 0.15) is 0 Å². The van der Waals surface area contributed by atoms with E-state index in [4.69, 9.17) is 0 Å². The molecule has 0 aliphatic heterocycles. The van der Waals surface area contributed by atoms with E-state index in [-0.39, 0.29) is 11.9 Å². The van der Waals surface area contributed by atoms with E-state index in [0.717, 1.165) is 10.5 Å². The molecule has 0 radical (unpaired) electrons. The fourth-order valence-corrected chi connectivity index (χ4v) is 2.83. The van der Waals surface area contributed by atoms with E-state index < -0.39 is 10.8 Å². The molecule has 0 aliphatic carbocycles. The molecule has 88 valence electrons. The number of carbonyl (C=O) groups excluding carboxylic acids is 1. The summed E-state index contributed by atoms with van der Waals surface area (Å²) in [5, 5.41) is 0. The van der Waals surface area contributed by atoms with E-state index in [1.165, 1.54) is 7.11 Å². The third kappa shape index (κ3) is 3.17. The minimum absolute atomic E-state index is 0.303. The van der Waals surface area contributed by atoms with E-state index in [9.17, 15) is 9.00 Å². The van der Waals surface area contributed by atoms with Crippen LogP contribution in [0.15, 0.2) is 29.2 Å². The Bertz CT molecular complexity index is 401. The van der Waals surface area contributed by atoms with Gasteiger partial charge in [-0.1, -0.05) is 25.1 Å². The van der Waals surface area contributed by atoms with Crippen LogP contribution in [0.5, 0.6) is 0 Å². The Morgan fingerprint density at radius 3 is 2.62 bits per heavy atom. The van der Waals surface area contributed by atoms with Crippen LogP contribution < -0.4 is 0 Å². The molecular formula is C12H16O3S. The molecule has 0 aliphatic rings. The first-order valence-corrected chi connectivity index (χ1v) is 6.40. The summed E-state index contributed by atoms with van der Waals surface area (Å²) in [6.07, 6.45) is 0. The molecule has 0 aromatic heterocycles. The normalized spacial score (nSPS) is 14.2. The Kier molecular flexibility index (Phi) is 4.68. The zero-order valence-electron chi connectivity index (χ0n) is 9.73. The Balaban J connectivity index is 2.73. The Hall–Kier alpha value is -1.16. The lowest BCUT2D eigenvalue weighted by Crippen LogP contribution is -2.19. The van der Waals surface area contributed by atoms with Gasteiger partial charge < -0.3 is 4.74 Å². The molecule has 0 saturated heterocycles. The largest absolute Gasteiger partial charge is 0.469 e. The lowest BCUT2D eigenvalue weighted by molar-refractivity contribution is -0.144. The highest BCUT2D eigenvalue weighted by molar-refractivity contribution is 7.85. The molecule has 4 heteroatoms. The average Bonchev–Trinajstić information content (AvgIpc) is 2.28. The second kappa shape index (κ2) is 5.80. The smallest absolute Gasteiger partial charge is 0.309 e. The zero-order chi connectivity index (χ0) is 12.1. The van der Waals surface area contributed by atoms with Crippen LogP contribution in [0.4, 0.5) is 0 Å². The summed E-state index contributed by atoms with van der Waals surface area (Å²) in [7, 11) is 0.195. The third-order valence-corrected chi connectivity index (χ3v) is 4.10. The summed E-state index contributed by atoms with van der Waals surface area (Å²) in [4.78, 5) is 12.0. The number of ether oxygens (including phenoxy) is 1. The first-order valence-electron chi connectivity index (χ1n) is 5.08. The topological polar surface area (TPSA) is 43.4 Å². The van der Waals surface area contributed by atoms with Crippen molar-refractivity contribution >= 4 is 16.8 Å². The van der Waals surface area contributed by atoms with Gasteiger partial charge >= 0.3 is 5.97 Å². The first-order chi connectivity index (χ1) is 7.56. The van der Waals surface area contributed by atoms with Crippen molar-refractivity contribution in [1.82, 2.24) is 0 Å². The SMILES string of the molecule is COC(=O)C(C)CS(=O)c1ccccc1C. The van der Waals surface area contributed by atoms with Crippen molar-refractivity contribution in [2.24, 2.45) is 5.92 Å². The predicted octanol–water partition coefficient (Wildman–Crippen LogP) is 1.91. The highest BCUT2D eigenvalue weighted by atomic mass is 32.2. The summed E-state index contributed by atoms with van der Waals surface area (Å²) in [6.45, 7) is 3.64. The highest BCUT2D eigenvalue weighted by Crippen LogP contribution is 2.15. The molecule has 1 rings (SSSR count). The van der Waals surface area contributed by atoms with E-state index in [2.05, 4.69) is 4.74 Å². The molecule has 0 saturated carbocycles. The number of esters is 1. The predicted molar refractivity (Wildman–Crippen MR) is 63.6 cm³/mol. The fraction of sp³-hybridized carbons (Fsp3) is 0.417. The minimum Gasteiger partial charge on any atom is -0.469 e. The number of hydrogen-bond donors (Lipinski definition) is 0. The zero-order valence-corrected chi connectivity index (χ0v) is 10.5. The summed E-state index contributed by atoms with van der Waals surface area (Å²) < 4.78 is 16.6. The minimum atomic E-state index is -1.15. The highest BCUT2D eigenvalue weighted by Gasteiger charge is 2.18. The van der Waals surface area contributed by atoms with Crippen molar-refractivity contribution in [1.29, 1.82) is 0 Å². The number of benzene rings is 1. The lowest BCUT2D eigenvalue weighted by Gasteiger charge is -2.10. The molecule has 0 amide bonds. The van der Waals surface area contributed by atoms with Gasteiger partial charge in [-0.2, -0.15) is 0 Å². The monoisotopic (exact) mass is 240 g/mol. The van der Waals surface area contributed by atoms with Crippen LogP contribution in [0.1, 0.15) is 12.5 Å². The molecule has 3 nitrogen and oxygen atoms in total. The molecular weight excluding hydrogens is 224 g/mol. The van der Waals surface area contributed by atoms with Gasteiger partial charge in [0.25, 0.3) is 0 Å². The maximum atomic E-state index is 12.0. The van der Waals surface area contributed by atoms with Gasteiger partial charge in [-0.25, -0.2) is 0 Å². The molecule has 0 heterocycles. The van der Waals surface area contributed by atoms with Gasteiger partial charge in [0.2, 0.25) is 0 Å². The van der Waals surface area contributed by atoms with Gasteiger partial charge in [0, 0.05) is 10.6 Å². The van der Waals surface area contributed by atoms with Crippen LogP contribution in [-0.4, -0.2) is 23.0 Å². The molecule has 1 aromatic carbocycles. The van der Waals surface area contributed by atoms with Crippen LogP contribution in [0, 0.1) is 12.8 Å². The first kappa shape index (κ1) is 12.9. The van der Waals surface area contributed by atoms with Gasteiger partial charge in [-0.15, -0.1) is 0 Å². The van der Waals surface area contributed by atoms with Crippen molar-refractivity contribution in [2.45, 2.75) is 18.7 Å². The summed E-state index contributed by atoms with van der Waals surface area (Å²) in [5.74, 6) is -0.357. The summed E-state index contributed by atoms with van der Waals surface area (Å²) >= 11 is 0. The third-order valence-electron chi connectivity index (χ3n) is 2.34. The van der Waals surface area contributed by atoms with Crippen molar-refractivity contribution < 1.29 is 13.7 Å². The van der Waals surface area contributed by atoms with Crippen molar-refractivity contribution in [3.8, 4) is 0 Å². The van der Waals surface area contributed by atoms with Gasteiger partial charge in [-0.3, -0.25) is 9.00 Å². The number of aryl methyl sites for hydroxylation is 1. The average molecular weight is 240 g/mol. The lowest BCUT2D eigenvalue weighted by atomic mass is 10.2. The number of methoxy groups -OCH3 is 1. The van der Waals surface area contributed by atoms with Crippen molar-refractivity contribution in [2.75, 3.05) is 12.9 Å². The molecule has 0 spiro atoms. The van der Waals surface area contributed by atoms with Gasteiger partial charge in [-0.05, 0) is 18.6 Å². The molecule has 2 unspecified atom stereocenters. The quantitative estimate of drug-likeness (QED) is 0.755. The summed E-state index contributed by atoms with van der Waals surface area (Å²) in [6, 6.07) is 7.49. The van der Waals surface area contributed by atoms with E-state index in [1.807, 2.05) is 31.2 Å². The Morgan fingerprint density at radius 1 is 1.44 bits per heavy atom. The maximum absolute atomic E-state index is 12.0. The second-order valence-electron chi connectivity index (χ2n) is 3.70. The molecule has 16 heavy (non-hydrogen) atoms. The molecule has 0 N–H and O–H groups in total. The second-order valence-corrected chi connectivity index (χ2v) is 5.17. The Morgan fingerprint density at radius 2 is 2.06 bits per heavy atom. The number of rotatable bonds is 4. The fourth-order valence-electron chi connectivity index (χ4n) is 1.40. The molecule has 1 aromatic rings. The molecule has 0 fully saturated rings. The standard InChI is InChI=1S/C12H16O3S/c1-9-6-4-5-7-11(9)16(14)8-10(2)12(13)15-3/h4-7,10H,8H2,1-3H3. The van der Waals surface area contributed by atoms with Gasteiger partial charge in [0.05, 0.1) is 23.8 Å². The van der Waals surface area contributed by atoms with Crippen LogP contribution >= 0.6 is 0 Å². The Labute approximate surface area is 98.3 Å². The molecule has 2 atom stereocenters. The van der Waals surface area contributed by atoms with Crippen LogP contribution in [0.25, 0.3) is 0 Å². The van der Waals surface area contributed by atoms with Crippen molar-refractivity contribution in [3.05, 3.63) is 29.8 Å². The van der Waals surface area contributed by atoms with E-state index in [0.29, 0.717) is 5.75 Å². The molecule has 0 bridgehead atoms. The van der Waals surface area contributed by atoms with Crippen molar-refractivity contribution in [3.63, 3.8) is 0 Å². The summed E-state index contributed by atoms with van der Waals surface area (Å²) in [5.41, 5.74) is 0.984. The maximum Gasteiger partial charge on any atom is 0.309 e. The van der Waals surface area contributed by atoms with E-state index in [1.54, 1.807) is 6.92 Å². The van der Waals surface area contributed by atoms with E-state index >= 15 is 0 Å². The van der Waals surface area contributed by atoms with Crippen LogP contribution in [-0.2, 0) is 20.3 Å². The number of hydrogen-bond acceptors (Lipinski definition) is 3. The number of carbonyl (C=O) groups is 1.